The first-order chi connectivity index (χ1) is 20.5. The summed E-state index contributed by atoms with van der Waals surface area (Å²) in [6.07, 6.45) is 0. The molecule has 8 aromatic rings. The molecule has 8 rings (SSSR count). The molecule has 0 unspecified atom stereocenters. The molecule has 42 heavy (non-hydrogen) atoms. The average Bonchev–Trinajstić information content (AvgIpc) is 3.01. The minimum atomic E-state index is -0.0317. The predicted molar refractivity (Wildman–Crippen MR) is 184 cm³/mol. The number of rotatable bonds is 2. The molecule has 0 saturated heterocycles. The van der Waals surface area contributed by atoms with Gasteiger partial charge in [-0.15, -0.1) is 0 Å². The highest BCUT2D eigenvalue weighted by Crippen LogP contribution is 2.46. The molecule has 0 aliphatic carbocycles. The lowest BCUT2D eigenvalue weighted by molar-refractivity contribution is 0.601. The number of benzene rings is 8. The first-order valence-corrected chi connectivity index (χ1v) is 14.9. The summed E-state index contributed by atoms with van der Waals surface area (Å²) in [5, 5.41) is 13.0. The Morgan fingerprint density at radius 3 is 1.67 bits per heavy atom. The predicted octanol–water partition coefficient (Wildman–Crippen LogP) is 12.1. The summed E-state index contributed by atoms with van der Waals surface area (Å²) in [6, 6.07) is 51.7. The minimum Gasteiger partial charge on any atom is -0.0616 e. The van der Waals surface area contributed by atoms with Crippen LogP contribution in [0, 0.1) is 0 Å². The van der Waals surface area contributed by atoms with Crippen molar-refractivity contribution in [3.63, 3.8) is 0 Å². The number of hydrogen-bond acceptors (Lipinski definition) is 0. The zero-order valence-corrected chi connectivity index (χ0v) is 24.3. The molecule has 0 bridgehead atoms. The number of fused-ring (bicyclic) bond motifs is 5. The van der Waals surface area contributed by atoms with Gasteiger partial charge in [-0.1, -0.05) is 136 Å². The van der Waals surface area contributed by atoms with Crippen LogP contribution < -0.4 is 0 Å². The van der Waals surface area contributed by atoms with Crippen molar-refractivity contribution in [3.8, 4) is 22.3 Å². The van der Waals surface area contributed by atoms with E-state index >= 15 is 0 Å². The molecule has 0 N–H and O–H groups in total. The molecule has 200 valence electrons. The molecule has 0 spiro atoms. The van der Waals surface area contributed by atoms with Crippen molar-refractivity contribution in [1.82, 2.24) is 0 Å². The molecule has 0 atom stereocenters. The van der Waals surface area contributed by atoms with Crippen molar-refractivity contribution >= 4 is 53.9 Å². The van der Waals surface area contributed by atoms with Gasteiger partial charge in [0.05, 0.1) is 0 Å². The zero-order valence-electron chi connectivity index (χ0n) is 24.3. The van der Waals surface area contributed by atoms with Gasteiger partial charge < -0.3 is 0 Å². The van der Waals surface area contributed by atoms with Crippen LogP contribution in [-0.2, 0) is 5.41 Å². The lowest BCUT2D eigenvalue weighted by Crippen LogP contribution is -2.13. The Morgan fingerprint density at radius 2 is 0.905 bits per heavy atom. The van der Waals surface area contributed by atoms with E-state index in [1.165, 1.54) is 81.7 Å². The maximum atomic E-state index is 2.44. The maximum absolute atomic E-state index is 2.44. The van der Waals surface area contributed by atoms with Crippen LogP contribution in [0.25, 0.3) is 76.1 Å². The fourth-order valence-corrected chi connectivity index (χ4v) is 7.02. The van der Waals surface area contributed by atoms with Crippen molar-refractivity contribution in [2.45, 2.75) is 26.2 Å². The van der Waals surface area contributed by atoms with E-state index in [0.717, 1.165) is 0 Å². The van der Waals surface area contributed by atoms with Crippen LogP contribution in [0.2, 0.25) is 0 Å². The molecule has 0 aliphatic rings. The molecule has 0 fully saturated rings. The molecule has 0 aliphatic heterocycles. The second-order valence-electron chi connectivity index (χ2n) is 12.6. The Bertz CT molecular complexity index is 2320. The largest absolute Gasteiger partial charge is 0.0616 e. The van der Waals surface area contributed by atoms with Crippen molar-refractivity contribution in [3.05, 3.63) is 145 Å². The van der Waals surface area contributed by atoms with Crippen molar-refractivity contribution in [2.24, 2.45) is 0 Å². The first kappa shape index (κ1) is 24.8. The molecular formula is C42H32. The highest BCUT2D eigenvalue weighted by molar-refractivity contribution is 6.19. The normalized spacial score (nSPS) is 12.2. The molecule has 0 radical (unpaired) electrons. The topological polar surface area (TPSA) is 0 Å². The molecule has 8 aromatic carbocycles. The van der Waals surface area contributed by atoms with Gasteiger partial charge in [0.25, 0.3) is 0 Å². The summed E-state index contributed by atoms with van der Waals surface area (Å²) in [7, 11) is 0. The molecular weight excluding hydrogens is 504 g/mol. The smallest absolute Gasteiger partial charge is 0.00204 e. The van der Waals surface area contributed by atoms with Crippen molar-refractivity contribution in [2.75, 3.05) is 0 Å². The SMILES string of the molecule is CC(C)(C)c1c2ccccc2c(-c2cccc3ccccc23)c2ccc(-c3ccc4cc5ccccc5cc4c3)cc12. The van der Waals surface area contributed by atoms with E-state index in [9.17, 15) is 0 Å². The van der Waals surface area contributed by atoms with E-state index in [4.69, 9.17) is 0 Å². The quantitative estimate of drug-likeness (QED) is 0.193. The Hall–Kier alpha value is -4.94. The van der Waals surface area contributed by atoms with Gasteiger partial charge in [0.1, 0.15) is 0 Å². The van der Waals surface area contributed by atoms with Crippen LogP contribution in [0.3, 0.4) is 0 Å². The zero-order chi connectivity index (χ0) is 28.4. The van der Waals surface area contributed by atoms with Gasteiger partial charge in [0.2, 0.25) is 0 Å². The molecule has 0 aromatic heterocycles. The minimum absolute atomic E-state index is 0.0317. The Kier molecular flexibility index (Phi) is 5.49. The fourth-order valence-electron chi connectivity index (χ4n) is 7.02. The summed E-state index contributed by atoms with van der Waals surface area (Å²) in [4.78, 5) is 0. The average molecular weight is 537 g/mol. The van der Waals surface area contributed by atoms with E-state index in [0.29, 0.717) is 0 Å². The van der Waals surface area contributed by atoms with Crippen molar-refractivity contribution in [1.29, 1.82) is 0 Å². The second kappa shape index (κ2) is 9.29. The van der Waals surface area contributed by atoms with Crippen LogP contribution in [0.1, 0.15) is 26.3 Å². The Balaban J connectivity index is 1.45. The number of hydrogen-bond donors (Lipinski definition) is 0. The van der Waals surface area contributed by atoms with Gasteiger partial charge in [-0.3, -0.25) is 0 Å². The summed E-state index contributed by atoms with van der Waals surface area (Å²) in [5.74, 6) is 0. The Morgan fingerprint density at radius 1 is 0.357 bits per heavy atom. The second-order valence-corrected chi connectivity index (χ2v) is 12.6. The van der Waals surface area contributed by atoms with E-state index in [1.54, 1.807) is 0 Å². The van der Waals surface area contributed by atoms with Gasteiger partial charge >= 0.3 is 0 Å². The summed E-state index contributed by atoms with van der Waals surface area (Å²) in [6.45, 7) is 7.04. The standard InChI is InChI=1S/C42H32/c1-42(2,3)41-38-17-9-8-16-36(38)40(35-18-10-14-27-11-6-7-15-34(27)35)37-22-21-32(26-39(37)41)30-19-20-31-23-28-12-4-5-13-29(28)24-33(31)25-30/h4-26H,1-3H3. The van der Waals surface area contributed by atoms with Crippen LogP contribution >= 0.6 is 0 Å². The molecule has 0 amide bonds. The molecule has 0 heteroatoms. The van der Waals surface area contributed by atoms with Crippen LogP contribution in [0.15, 0.2) is 140 Å². The third kappa shape index (κ3) is 3.90. The first-order valence-electron chi connectivity index (χ1n) is 14.9. The lowest BCUT2D eigenvalue weighted by atomic mass is 9.77. The molecule has 0 saturated carbocycles. The van der Waals surface area contributed by atoms with E-state index in [-0.39, 0.29) is 5.41 Å². The maximum Gasteiger partial charge on any atom is -0.00204 e. The fraction of sp³-hybridized carbons (Fsp3) is 0.0952. The Labute approximate surface area is 246 Å². The van der Waals surface area contributed by atoms with Gasteiger partial charge in [0.15, 0.2) is 0 Å². The van der Waals surface area contributed by atoms with Crippen LogP contribution in [0.5, 0.6) is 0 Å². The highest BCUT2D eigenvalue weighted by Gasteiger charge is 2.24. The van der Waals surface area contributed by atoms with E-state index in [1.807, 2.05) is 0 Å². The summed E-state index contributed by atoms with van der Waals surface area (Å²) in [5.41, 5.74) is 6.49. The van der Waals surface area contributed by atoms with Gasteiger partial charge in [0, 0.05) is 0 Å². The molecule has 0 heterocycles. The van der Waals surface area contributed by atoms with E-state index in [2.05, 4.69) is 160 Å². The summed E-state index contributed by atoms with van der Waals surface area (Å²) < 4.78 is 0. The molecule has 0 nitrogen and oxygen atoms in total. The highest BCUT2D eigenvalue weighted by atomic mass is 14.3. The van der Waals surface area contributed by atoms with Gasteiger partial charge in [-0.05, 0) is 111 Å². The van der Waals surface area contributed by atoms with Crippen LogP contribution in [0.4, 0.5) is 0 Å². The summed E-state index contributed by atoms with van der Waals surface area (Å²) >= 11 is 0. The van der Waals surface area contributed by atoms with Gasteiger partial charge in [-0.25, -0.2) is 0 Å². The van der Waals surface area contributed by atoms with Crippen LogP contribution in [-0.4, -0.2) is 0 Å². The van der Waals surface area contributed by atoms with E-state index < -0.39 is 0 Å². The third-order valence-corrected chi connectivity index (χ3v) is 8.87. The third-order valence-electron chi connectivity index (χ3n) is 8.87. The lowest BCUT2D eigenvalue weighted by Gasteiger charge is -2.27. The van der Waals surface area contributed by atoms with Gasteiger partial charge in [-0.2, -0.15) is 0 Å². The monoisotopic (exact) mass is 536 g/mol. The van der Waals surface area contributed by atoms with Crippen molar-refractivity contribution < 1.29 is 0 Å².